The van der Waals surface area contributed by atoms with Crippen molar-refractivity contribution < 1.29 is 4.42 Å². The van der Waals surface area contributed by atoms with Crippen LogP contribution < -0.4 is 5.32 Å². The highest BCUT2D eigenvalue weighted by Crippen LogP contribution is 2.25. The largest absolute Gasteiger partial charge is 0.469 e. The van der Waals surface area contributed by atoms with E-state index in [1.807, 2.05) is 6.07 Å². The third-order valence-corrected chi connectivity index (χ3v) is 3.81. The van der Waals surface area contributed by atoms with Crippen LogP contribution in [0, 0.1) is 0 Å². The van der Waals surface area contributed by atoms with Crippen LogP contribution in [0.15, 0.2) is 53.1 Å². The van der Waals surface area contributed by atoms with E-state index in [4.69, 9.17) is 4.42 Å². The van der Waals surface area contributed by atoms with E-state index >= 15 is 0 Å². The maximum atomic E-state index is 5.53. The van der Waals surface area contributed by atoms with Crippen molar-refractivity contribution in [1.82, 2.24) is 5.32 Å². The molecular formula is C18H25NO. The van der Waals surface area contributed by atoms with Crippen LogP contribution in [0.1, 0.15) is 43.9 Å². The summed E-state index contributed by atoms with van der Waals surface area (Å²) in [5, 5.41) is 3.70. The summed E-state index contributed by atoms with van der Waals surface area (Å²) in [6, 6.07) is 15.3. The molecule has 1 aromatic heterocycles. The average molecular weight is 271 g/mol. The summed E-state index contributed by atoms with van der Waals surface area (Å²) in [5.74, 6) is 1.58. The predicted octanol–water partition coefficient (Wildman–Crippen LogP) is 4.38. The highest BCUT2D eigenvalue weighted by atomic mass is 16.3. The van der Waals surface area contributed by atoms with Crippen molar-refractivity contribution in [2.45, 2.75) is 45.1 Å². The van der Waals surface area contributed by atoms with Crippen LogP contribution in [0.25, 0.3) is 0 Å². The molecule has 0 radical (unpaired) electrons. The molecule has 0 aliphatic heterocycles. The first-order valence-electron chi connectivity index (χ1n) is 7.65. The molecule has 0 amide bonds. The van der Waals surface area contributed by atoms with E-state index in [1.165, 1.54) is 5.56 Å². The van der Waals surface area contributed by atoms with Crippen LogP contribution in [0.2, 0.25) is 0 Å². The fourth-order valence-electron chi connectivity index (χ4n) is 2.78. The summed E-state index contributed by atoms with van der Waals surface area (Å²) in [4.78, 5) is 0. The Balaban J connectivity index is 2.14. The first-order chi connectivity index (χ1) is 9.85. The van der Waals surface area contributed by atoms with Crippen molar-refractivity contribution in [2.75, 3.05) is 6.54 Å². The molecule has 2 unspecified atom stereocenters. The molecule has 1 N–H and O–H groups in total. The second-order valence-electron chi connectivity index (χ2n) is 5.27. The second-order valence-corrected chi connectivity index (χ2v) is 5.27. The highest BCUT2D eigenvalue weighted by molar-refractivity contribution is 5.22. The van der Waals surface area contributed by atoms with Crippen molar-refractivity contribution in [2.24, 2.45) is 0 Å². The minimum absolute atomic E-state index is 0.425. The van der Waals surface area contributed by atoms with E-state index in [-0.39, 0.29) is 0 Å². The molecule has 1 aromatic carbocycles. The standard InChI is InChI=1S/C18H25NO/c1-3-12-19-18(14-16-11-8-13-20-16)17(4-2)15-9-6-5-7-10-15/h5-11,13,17-19H,3-4,12,14H2,1-2H3. The first-order valence-corrected chi connectivity index (χ1v) is 7.65. The van der Waals surface area contributed by atoms with Crippen LogP contribution in [-0.2, 0) is 6.42 Å². The molecule has 2 aromatic rings. The first kappa shape index (κ1) is 14.9. The van der Waals surface area contributed by atoms with Gasteiger partial charge in [0.1, 0.15) is 5.76 Å². The van der Waals surface area contributed by atoms with Crippen molar-refractivity contribution >= 4 is 0 Å². The molecule has 2 rings (SSSR count). The Morgan fingerprint density at radius 2 is 1.85 bits per heavy atom. The molecule has 0 fully saturated rings. The lowest BCUT2D eigenvalue weighted by Crippen LogP contribution is -2.37. The zero-order valence-electron chi connectivity index (χ0n) is 12.5. The maximum Gasteiger partial charge on any atom is 0.105 e. The second kappa shape index (κ2) is 7.91. The lowest BCUT2D eigenvalue weighted by molar-refractivity contribution is 0.385. The normalized spacial score (nSPS) is 14.1. The average Bonchev–Trinajstić information content (AvgIpc) is 2.99. The van der Waals surface area contributed by atoms with Gasteiger partial charge in [-0.1, -0.05) is 44.2 Å². The van der Waals surface area contributed by atoms with Gasteiger partial charge in [-0.25, -0.2) is 0 Å². The number of furan rings is 1. The molecule has 2 heteroatoms. The minimum atomic E-state index is 0.425. The van der Waals surface area contributed by atoms with E-state index in [9.17, 15) is 0 Å². The third kappa shape index (κ3) is 3.97. The smallest absolute Gasteiger partial charge is 0.105 e. The van der Waals surface area contributed by atoms with Gasteiger partial charge in [0.05, 0.1) is 6.26 Å². The highest BCUT2D eigenvalue weighted by Gasteiger charge is 2.22. The van der Waals surface area contributed by atoms with E-state index in [0.29, 0.717) is 12.0 Å². The molecular weight excluding hydrogens is 246 g/mol. The molecule has 0 aliphatic rings. The zero-order chi connectivity index (χ0) is 14.2. The van der Waals surface area contributed by atoms with Crippen molar-refractivity contribution in [3.8, 4) is 0 Å². The van der Waals surface area contributed by atoms with Gasteiger partial charge in [-0.3, -0.25) is 0 Å². The molecule has 2 atom stereocenters. The lowest BCUT2D eigenvalue weighted by Gasteiger charge is -2.27. The molecule has 0 bridgehead atoms. The summed E-state index contributed by atoms with van der Waals surface area (Å²) in [6.45, 7) is 5.52. The van der Waals surface area contributed by atoms with Gasteiger partial charge in [-0.05, 0) is 43.0 Å². The van der Waals surface area contributed by atoms with Crippen LogP contribution >= 0.6 is 0 Å². The number of hydrogen-bond acceptors (Lipinski definition) is 2. The van der Waals surface area contributed by atoms with Crippen LogP contribution in [0.4, 0.5) is 0 Å². The number of hydrogen-bond donors (Lipinski definition) is 1. The van der Waals surface area contributed by atoms with Crippen molar-refractivity contribution in [1.29, 1.82) is 0 Å². The van der Waals surface area contributed by atoms with Crippen molar-refractivity contribution in [3.63, 3.8) is 0 Å². The van der Waals surface area contributed by atoms with Gasteiger partial charge in [-0.2, -0.15) is 0 Å². The minimum Gasteiger partial charge on any atom is -0.469 e. The summed E-state index contributed by atoms with van der Waals surface area (Å²) in [7, 11) is 0. The molecule has 0 saturated carbocycles. The molecule has 0 aliphatic carbocycles. The molecule has 108 valence electrons. The third-order valence-electron chi connectivity index (χ3n) is 3.81. The Morgan fingerprint density at radius 1 is 1.05 bits per heavy atom. The Hall–Kier alpha value is -1.54. The Morgan fingerprint density at radius 3 is 2.45 bits per heavy atom. The quantitative estimate of drug-likeness (QED) is 0.770. The monoisotopic (exact) mass is 271 g/mol. The van der Waals surface area contributed by atoms with Gasteiger partial charge in [0.25, 0.3) is 0 Å². The van der Waals surface area contributed by atoms with E-state index in [2.05, 4.69) is 55.6 Å². The lowest BCUT2D eigenvalue weighted by atomic mass is 9.86. The summed E-state index contributed by atoms with van der Waals surface area (Å²) in [5.41, 5.74) is 1.41. The van der Waals surface area contributed by atoms with Crippen molar-refractivity contribution in [3.05, 3.63) is 60.1 Å². The van der Waals surface area contributed by atoms with Crippen LogP contribution in [0.3, 0.4) is 0 Å². The van der Waals surface area contributed by atoms with Crippen LogP contribution in [0.5, 0.6) is 0 Å². The SMILES string of the molecule is CCCNC(Cc1ccco1)C(CC)c1ccccc1. The molecule has 2 nitrogen and oxygen atoms in total. The van der Waals surface area contributed by atoms with Gasteiger partial charge in [0.15, 0.2) is 0 Å². The summed E-state index contributed by atoms with van der Waals surface area (Å²) in [6.07, 6.45) is 4.99. The van der Waals surface area contributed by atoms with Gasteiger partial charge in [0.2, 0.25) is 0 Å². The molecule has 0 spiro atoms. The van der Waals surface area contributed by atoms with Gasteiger partial charge in [0, 0.05) is 12.5 Å². The number of rotatable bonds is 8. The van der Waals surface area contributed by atoms with E-state index < -0.39 is 0 Å². The fourth-order valence-corrected chi connectivity index (χ4v) is 2.78. The molecule has 0 saturated heterocycles. The Bertz CT molecular complexity index is 463. The van der Waals surface area contributed by atoms with Crippen LogP contribution in [-0.4, -0.2) is 12.6 Å². The number of nitrogens with one attached hydrogen (secondary N) is 1. The fraction of sp³-hybridized carbons (Fsp3) is 0.444. The van der Waals surface area contributed by atoms with Gasteiger partial charge < -0.3 is 9.73 Å². The van der Waals surface area contributed by atoms with Gasteiger partial charge >= 0.3 is 0 Å². The Kier molecular flexibility index (Phi) is 5.87. The summed E-state index contributed by atoms with van der Waals surface area (Å²) >= 11 is 0. The van der Waals surface area contributed by atoms with E-state index in [1.54, 1.807) is 6.26 Å². The number of benzene rings is 1. The maximum absolute atomic E-state index is 5.53. The molecule has 20 heavy (non-hydrogen) atoms. The Labute approximate surface area is 122 Å². The summed E-state index contributed by atoms with van der Waals surface area (Å²) < 4.78 is 5.53. The molecule has 1 heterocycles. The zero-order valence-corrected chi connectivity index (χ0v) is 12.5. The van der Waals surface area contributed by atoms with Gasteiger partial charge in [-0.15, -0.1) is 0 Å². The van der Waals surface area contributed by atoms with E-state index in [0.717, 1.165) is 31.6 Å². The predicted molar refractivity (Wildman–Crippen MR) is 84.0 cm³/mol. The topological polar surface area (TPSA) is 25.2 Å².